The fourth-order valence-corrected chi connectivity index (χ4v) is 7.30. The topological polar surface area (TPSA) is 69.7 Å². The number of nitrogens with one attached hydrogen (secondary N) is 1. The highest BCUT2D eigenvalue weighted by Crippen LogP contribution is 2.36. The second-order valence-corrected chi connectivity index (χ2v) is 11.6. The number of piperidine rings is 1. The van der Waals surface area contributed by atoms with Gasteiger partial charge in [0.2, 0.25) is 10.0 Å². The van der Waals surface area contributed by atoms with E-state index in [0.717, 1.165) is 34.6 Å². The smallest absolute Gasteiger partial charge is 0.320 e. The molecule has 4 rings (SSSR count). The fourth-order valence-electron chi connectivity index (χ4n) is 4.29. The number of thioether (sulfide) groups is 1. The number of rotatable bonds is 3. The molecular weight excluding hydrogens is 532 g/mol. The molecule has 6 nitrogen and oxygen atoms in total. The number of amides is 2. The number of sulfonamides is 1. The number of hydrogen-bond donors (Lipinski definition) is 1. The van der Waals surface area contributed by atoms with Crippen LogP contribution in [0.2, 0.25) is 0 Å². The molecule has 2 amide bonds. The van der Waals surface area contributed by atoms with Crippen LogP contribution in [0.5, 0.6) is 0 Å². The molecule has 0 spiro atoms. The lowest BCUT2D eigenvalue weighted by Gasteiger charge is -2.46. The first kappa shape index (κ1) is 26.6. The van der Waals surface area contributed by atoms with Crippen molar-refractivity contribution in [1.82, 2.24) is 9.21 Å². The Kier molecular flexibility index (Phi) is 7.23. The van der Waals surface area contributed by atoms with Gasteiger partial charge in [-0.15, -0.1) is 0 Å². The maximum Gasteiger partial charge on any atom is 0.416 e. The van der Waals surface area contributed by atoms with E-state index in [-0.39, 0.29) is 36.5 Å². The quantitative estimate of drug-likeness (QED) is 0.535. The van der Waals surface area contributed by atoms with Crippen LogP contribution in [0, 0.1) is 0 Å². The minimum Gasteiger partial charge on any atom is -0.320 e. The van der Waals surface area contributed by atoms with Crippen LogP contribution in [-0.2, 0) is 22.4 Å². The van der Waals surface area contributed by atoms with E-state index in [4.69, 9.17) is 0 Å². The Morgan fingerprint density at radius 3 is 2.25 bits per heavy atom. The van der Waals surface area contributed by atoms with Crippen molar-refractivity contribution in [3.05, 3.63) is 59.7 Å². The van der Waals surface area contributed by atoms with E-state index < -0.39 is 44.4 Å². The van der Waals surface area contributed by atoms with Gasteiger partial charge in [-0.3, -0.25) is 0 Å². The van der Waals surface area contributed by atoms with Gasteiger partial charge >= 0.3 is 18.4 Å². The summed E-state index contributed by atoms with van der Waals surface area (Å²) in [5.41, 5.74) is -1.99. The van der Waals surface area contributed by atoms with E-state index >= 15 is 0 Å². The van der Waals surface area contributed by atoms with Crippen LogP contribution >= 0.6 is 11.8 Å². The molecule has 2 atom stereocenters. The van der Waals surface area contributed by atoms with E-state index in [9.17, 15) is 39.6 Å². The number of carbonyl (C=O) groups excluding carboxylic acids is 1. The van der Waals surface area contributed by atoms with Gasteiger partial charge in [-0.2, -0.15) is 42.4 Å². The Bertz CT molecular complexity index is 1240. The second-order valence-electron chi connectivity index (χ2n) is 8.36. The zero-order valence-electron chi connectivity index (χ0n) is 18.5. The Morgan fingerprint density at radius 2 is 1.58 bits per heavy atom. The molecule has 14 heteroatoms. The van der Waals surface area contributed by atoms with Gasteiger partial charge in [0.1, 0.15) is 0 Å². The molecular formula is C22H21F6N3O3S2. The summed E-state index contributed by atoms with van der Waals surface area (Å²) in [5, 5.41) is 2.14. The highest BCUT2D eigenvalue weighted by atomic mass is 32.2. The fraction of sp³-hybridized carbons (Fsp3) is 0.409. The molecule has 2 aliphatic heterocycles. The normalized spacial score (nSPS) is 21.7. The molecule has 0 aliphatic carbocycles. The third-order valence-electron chi connectivity index (χ3n) is 6.05. The summed E-state index contributed by atoms with van der Waals surface area (Å²) in [6, 6.07) is 6.81. The minimum absolute atomic E-state index is 0.0126. The van der Waals surface area contributed by atoms with Crippen molar-refractivity contribution in [2.45, 2.75) is 35.0 Å². The molecule has 0 aromatic heterocycles. The first-order valence-corrected chi connectivity index (χ1v) is 13.3. The lowest BCUT2D eigenvalue weighted by atomic mass is 10.0. The SMILES string of the molecule is O=C(Nc1cccc(C(F)(F)F)c1)N1CCSC2CN(S(=O)(=O)c3cccc(C(F)(F)F)c3)CCC21. The summed E-state index contributed by atoms with van der Waals surface area (Å²) in [5.74, 6) is 0.467. The zero-order chi connectivity index (χ0) is 26.3. The van der Waals surface area contributed by atoms with Gasteiger partial charge in [0.15, 0.2) is 0 Å². The highest BCUT2D eigenvalue weighted by Gasteiger charge is 2.42. The molecule has 36 heavy (non-hydrogen) atoms. The number of hydrogen-bond acceptors (Lipinski definition) is 4. The first-order chi connectivity index (χ1) is 16.8. The molecule has 0 bridgehead atoms. The van der Waals surface area contributed by atoms with Crippen molar-refractivity contribution in [1.29, 1.82) is 0 Å². The number of alkyl halides is 6. The Hall–Kier alpha value is -2.45. The molecule has 2 unspecified atom stereocenters. The van der Waals surface area contributed by atoms with Gasteiger partial charge < -0.3 is 10.2 Å². The average molecular weight is 554 g/mol. The Balaban J connectivity index is 1.47. The van der Waals surface area contributed by atoms with Crippen LogP contribution in [0.4, 0.5) is 36.8 Å². The first-order valence-electron chi connectivity index (χ1n) is 10.8. The molecule has 1 N–H and O–H groups in total. The number of carbonyl (C=O) groups is 1. The number of fused-ring (bicyclic) bond motifs is 1. The lowest BCUT2D eigenvalue weighted by Crippen LogP contribution is -2.59. The summed E-state index contributed by atoms with van der Waals surface area (Å²) in [4.78, 5) is 13.9. The largest absolute Gasteiger partial charge is 0.416 e. The summed E-state index contributed by atoms with van der Waals surface area (Å²) >= 11 is 1.45. The molecule has 196 valence electrons. The van der Waals surface area contributed by atoms with Gasteiger partial charge in [-0.25, -0.2) is 13.2 Å². The predicted molar refractivity (Wildman–Crippen MR) is 122 cm³/mol. The van der Waals surface area contributed by atoms with Crippen molar-refractivity contribution in [3.63, 3.8) is 0 Å². The van der Waals surface area contributed by atoms with E-state index in [0.29, 0.717) is 18.4 Å². The molecule has 2 aromatic rings. The standard InChI is InChI=1S/C22H21F6N3O3S2/c23-21(24,25)14-3-1-5-16(11-14)29-20(32)31-9-10-35-19-13-30(8-7-18(19)31)36(33,34)17-6-2-4-15(12-17)22(26,27)28/h1-6,11-12,18-19H,7-10,13H2,(H,29,32). The van der Waals surface area contributed by atoms with Crippen LogP contribution in [0.3, 0.4) is 0 Å². The molecule has 0 radical (unpaired) electrons. The highest BCUT2D eigenvalue weighted by molar-refractivity contribution is 8.00. The van der Waals surface area contributed by atoms with Crippen LogP contribution in [0.15, 0.2) is 53.4 Å². The number of anilines is 1. The molecule has 2 aromatic carbocycles. The van der Waals surface area contributed by atoms with Crippen molar-refractivity contribution in [2.24, 2.45) is 0 Å². The summed E-state index contributed by atoms with van der Waals surface area (Å²) < 4.78 is 105. The van der Waals surface area contributed by atoms with Gasteiger partial charge in [0.05, 0.1) is 16.0 Å². The van der Waals surface area contributed by atoms with Crippen molar-refractivity contribution >= 4 is 33.5 Å². The third-order valence-corrected chi connectivity index (χ3v) is 9.22. The van der Waals surface area contributed by atoms with Gasteiger partial charge in [0, 0.05) is 42.4 Å². The van der Waals surface area contributed by atoms with Crippen LogP contribution in [0.25, 0.3) is 0 Å². The number of halogens is 6. The monoisotopic (exact) mass is 553 g/mol. The van der Waals surface area contributed by atoms with E-state index in [1.165, 1.54) is 28.8 Å². The molecule has 2 heterocycles. The average Bonchev–Trinajstić information content (AvgIpc) is 2.82. The molecule has 2 fully saturated rings. The Morgan fingerprint density at radius 1 is 0.944 bits per heavy atom. The van der Waals surface area contributed by atoms with Crippen LogP contribution in [-0.4, -0.2) is 60.3 Å². The van der Waals surface area contributed by atoms with E-state index in [1.807, 2.05) is 0 Å². The van der Waals surface area contributed by atoms with Gasteiger partial charge in [-0.1, -0.05) is 12.1 Å². The number of urea groups is 1. The van der Waals surface area contributed by atoms with Crippen molar-refractivity contribution in [2.75, 3.05) is 30.7 Å². The van der Waals surface area contributed by atoms with E-state index in [1.54, 1.807) is 0 Å². The summed E-state index contributed by atoms with van der Waals surface area (Å²) in [7, 11) is -4.21. The maximum atomic E-state index is 13.1. The lowest BCUT2D eigenvalue weighted by molar-refractivity contribution is -0.138. The zero-order valence-corrected chi connectivity index (χ0v) is 20.1. The van der Waals surface area contributed by atoms with Crippen LogP contribution < -0.4 is 5.32 Å². The van der Waals surface area contributed by atoms with E-state index in [2.05, 4.69) is 5.32 Å². The number of benzene rings is 2. The maximum absolute atomic E-state index is 13.1. The number of nitrogens with zero attached hydrogens (tertiary/aromatic N) is 2. The minimum atomic E-state index is -4.69. The van der Waals surface area contributed by atoms with Gasteiger partial charge in [0.25, 0.3) is 0 Å². The summed E-state index contributed by atoms with van der Waals surface area (Å²) in [6.45, 7) is 0.284. The summed E-state index contributed by atoms with van der Waals surface area (Å²) in [6.07, 6.45) is -9.03. The molecule has 2 saturated heterocycles. The van der Waals surface area contributed by atoms with Crippen molar-refractivity contribution < 1.29 is 39.6 Å². The Labute approximate surface area is 207 Å². The third kappa shape index (κ3) is 5.59. The van der Waals surface area contributed by atoms with Crippen molar-refractivity contribution in [3.8, 4) is 0 Å². The molecule has 2 aliphatic rings. The van der Waals surface area contributed by atoms with Gasteiger partial charge in [-0.05, 0) is 42.8 Å². The molecule has 0 saturated carbocycles. The predicted octanol–water partition coefficient (Wildman–Crippen LogP) is 5.14. The second kappa shape index (κ2) is 9.78. The van der Waals surface area contributed by atoms with Crippen LogP contribution in [0.1, 0.15) is 17.5 Å².